The molecule has 1 aliphatic rings. The van der Waals surface area contributed by atoms with Crippen LogP contribution in [-0.2, 0) is 11.2 Å². The lowest BCUT2D eigenvalue weighted by Crippen LogP contribution is -2.46. The third-order valence-electron chi connectivity index (χ3n) is 6.11. The molecule has 2 amide bonds. The Balaban J connectivity index is 1.91. The standard InChI is InChI=1S/C27H36N2O3/c1-3-5-17-26(30)29-19-12-11-18-28(4-2)27(31)24-15-9-10-16-25(24)32-21-23(29)20-22-13-7-6-8-14-22/h6-10,13-16,23H,3-5,11-12,17-21H2,1-2H3/t23-/m1/s1. The lowest BCUT2D eigenvalue weighted by molar-refractivity contribution is -0.134. The molecule has 0 saturated carbocycles. The number of unbranched alkanes of at least 4 members (excludes halogenated alkanes) is 1. The van der Waals surface area contributed by atoms with Gasteiger partial charge in [0, 0.05) is 26.1 Å². The van der Waals surface area contributed by atoms with E-state index in [0.717, 1.165) is 32.1 Å². The first-order valence-electron chi connectivity index (χ1n) is 12.0. The second-order valence-electron chi connectivity index (χ2n) is 8.43. The molecule has 5 nitrogen and oxygen atoms in total. The van der Waals surface area contributed by atoms with Crippen molar-refractivity contribution in [1.29, 1.82) is 0 Å². The molecular weight excluding hydrogens is 400 g/mol. The van der Waals surface area contributed by atoms with Crippen LogP contribution < -0.4 is 4.74 Å². The van der Waals surface area contributed by atoms with Crippen molar-refractivity contribution in [2.75, 3.05) is 26.2 Å². The predicted octanol–water partition coefficient (Wildman–Crippen LogP) is 4.95. The Morgan fingerprint density at radius 2 is 1.72 bits per heavy atom. The molecule has 0 spiro atoms. The summed E-state index contributed by atoms with van der Waals surface area (Å²) in [4.78, 5) is 30.2. The van der Waals surface area contributed by atoms with Gasteiger partial charge in [0.2, 0.25) is 5.91 Å². The van der Waals surface area contributed by atoms with Gasteiger partial charge in [-0.05, 0) is 50.3 Å². The highest BCUT2D eigenvalue weighted by Gasteiger charge is 2.26. The summed E-state index contributed by atoms with van der Waals surface area (Å²) in [5.41, 5.74) is 1.78. The summed E-state index contributed by atoms with van der Waals surface area (Å²) in [6.07, 6.45) is 4.94. The Morgan fingerprint density at radius 3 is 2.47 bits per heavy atom. The number of para-hydroxylation sites is 1. The smallest absolute Gasteiger partial charge is 0.257 e. The fraction of sp³-hybridized carbons (Fsp3) is 0.481. The zero-order valence-corrected chi connectivity index (χ0v) is 19.5. The van der Waals surface area contributed by atoms with Crippen LogP contribution in [0.5, 0.6) is 5.75 Å². The average Bonchev–Trinajstić information content (AvgIpc) is 2.82. The number of nitrogens with zero attached hydrogens (tertiary/aromatic N) is 2. The zero-order valence-electron chi connectivity index (χ0n) is 19.5. The molecule has 2 aromatic carbocycles. The second kappa shape index (κ2) is 12.3. The van der Waals surface area contributed by atoms with Crippen LogP contribution in [-0.4, -0.2) is 53.9 Å². The van der Waals surface area contributed by atoms with Crippen molar-refractivity contribution in [3.63, 3.8) is 0 Å². The highest BCUT2D eigenvalue weighted by atomic mass is 16.5. The lowest BCUT2D eigenvalue weighted by Gasteiger charge is -2.33. The van der Waals surface area contributed by atoms with Crippen LogP contribution in [0.3, 0.4) is 0 Å². The summed E-state index contributed by atoms with van der Waals surface area (Å²) in [5, 5.41) is 0. The minimum atomic E-state index is -0.0772. The van der Waals surface area contributed by atoms with Crippen LogP contribution in [0, 0.1) is 0 Å². The highest BCUT2D eigenvalue weighted by molar-refractivity contribution is 5.96. The summed E-state index contributed by atoms with van der Waals surface area (Å²) in [7, 11) is 0. The first kappa shape index (κ1) is 23.8. The number of benzene rings is 2. The summed E-state index contributed by atoms with van der Waals surface area (Å²) in [5.74, 6) is 0.805. The molecule has 0 unspecified atom stereocenters. The SMILES string of the molecule is CCCCC(=O)N1CCCCN(CC)C(=O)c2ccccc2OC[C@H]1Cc1ccccc1. The van der Waals surface area contributed by atoms with E-state index in [0.29, 0.717) is 44.0 Å². The quantitative estimate of drug-likeness (QED) is 0.644. The lowest BCUT2D eigenvalue weighted by atomic mass is 10.0. The van der Waals surface area contributed by atoms with Crippen molar-refractivity contribution in [3.05, 3.63) is 65.7 Å². The van der Waals surface area contributed by atoms with Crippen molar-refractivity contribution in [1.82, 2.24) is 9.80 Å². The van der Waals surface area contributed by atoms with E-state index in [1.165, 1.54) is 5.56 Å². The molecule has 5 heteroatoms. The zero-order chi connectivity index (χ0) is 22.8. The largest absolute Gasteiger partial charge is 0.491 e. The fourth-order valence-corrected chi connectivity index (χ4v) is 4.24. The molecule has 32 heavy (non-hydrogen) atoms. The van der Waals surface area contributed by atoms with Crippen LogP contribution >= 0.6 is 0 Å². The maximum atomic E-state index is 13.2. The Bertz CT molecular complexity index is 868. The summed E-state index contributed by atoms with van der Waals surface area (Å²) < 4.78 is 6.25. The van der Waals surface area contributed by atoms with Crippen LogP contribution in [0.25, 0.3) is 0 Å². The van der Waals surface area contributed by atoms with Gasteiger partial charge >= 0.3 is 0 Å². The van der Waals surface area contributed by atoms with E-state index in [1.807, 2.05) is 59.2 Å². The Kier molecular flexibility index (Phi) is 9.14. The van der Waals surface area contributed by atoms with E-state index in [-0.39, 0.29) is 17.9 Å². The predicted molar refractivity (Wildman–Crippen MR) is 128 cm³/mol. The number of rotatable bonds is 6. The van der Waals surface area contributed by atoms with E-state index in [2.05, 4.69) is 19.1 Å². The fourth-order valence-electron chi connectivity index (χ4n) is 4.24. The van der Waals surface area contributed by atoms with Gasteiger partial charge in [0.05, 0.1) is 11.6 Å². The molecule has 2 aromatic rings. The van der Waals surface area contributed by atoms with E-state index in [9.17, 15) is 9.59 Å². The van der Waals surface area contributed by atoms with Crippen LogP contribution in [0.1, 0.15) is 61.9 Å². The van der Waals surface area contributed by atoms with Gasteiger partial charge in [0.1, 0.15) is 12.4 Å². The molecule has 0 bridgehead atoms. The van der Waals surface area contributed by atoms with Gasteiger partial charge in [-0.3, -0.25) is 9.59 Å². The van der Waals surface area contributed by atoms with Crippen LogP contribution in [0.2, 0.25) is 0 Å². The van der Waals surface area contributed by atoms with Crippen molar-refractivity contribution >= 4 is 11.8 Å². The summed E-state index contributed by atoms with van der Waals surface area (Å²) >= 11 is 0. The van der Waals surface area contributed by atoms with E-state index in [4.69, 9.17) is 4.74 Å². The van der Waals surface area contributed by atoms with Gasteiger partial charge in [-0.1, -0.05) is 55.8 Å². The van der Waals surface area contributed by atoms with Gasteiger partial charge in [0.15, 0.2) is 0 Å². The molecule has 0 fully saturated rings. The molecular formula is C27H36N2O3. The monoisotopic (exact) mass is 436 g/mol. The molecule has 0 radical (unpaired) electrons. The minimum absolute atomic E-state index is 0.0131. The van der Waals surface area contributed by atoms with Crippen molar-refractivity contribution < 1.29 is 14.3 Å². The number of ether oxygens (including phenoxy) is 1. The van der Waals surface area contributed by atoms with Crippen LogP contribution in [0.15, 0.2) is 54.6 Å². The summed E-state index contributed by atoms with van der Waals surface area (Å²) in [6.45, 7) is 6.51. The molecule has 0 saturated heterocycles. The van der Waals surface area contributed by atoms with Crippen molar-refractivity contribution in [2.45, 2.75) is 58.4 Å². The molecule has 1 aliphatic heterocycles. The molecule has 0 aromatic heterocycles. The van der Waals surface area contributed by atoms with Crippen molar-refractivity contribution in [2.24, 2.45) is 0 Å². The third-order valence-corrected chi connectivity index (χ3v) is 6.11. The van der Waals surface area contributed by atoms with Gasteiger partial charge in [-0.2, -0.15) is 0 Å². The molecule has 1 atom stereocenters. The maximum absolute atomic E-state index is 13.2. The van der Waals surface area contributed by atoms with E-state index >= 15 is 0 Å². The minimum Gasteiger partial charge on any atom is -0.491 e. The van der Waals surface area contributed by atoms with E-state index in [1.54, 1.807) is 0 Å². The van der Waals surface area contributed by atoms with Gasteiger partial charge in [-0.25, -0.2) is 0 Å². The Morgan fingerprint density at radius 1 is 1.00 bits per heavy atom. The Hall–Kier alpha value is -2.82. The van der Waals surface area contributed by atoms with Gasteiger partial charge in [0.25, 0.3) is 5.91 Å². The first-order valence-corrected chi connectivity index (χ1v) is 12.0. The Labute approximate surface area is 192 Å². The van der Waals surface area contributed by atoms with Gasteiger partial charge in [-0.15, -0.1) is 0 Å². The normalized spacial score (nSPS) is 17.7. The third kappa shape index (κ3) is 6.35. The molecule has 1 heterocycles. The number of fused-ring (bicyclic) bond motifs is 1. The van der Waals surface area contributed by atoms with Gasteiger partial charge < -0.3 is 14.5 Å². The maximum Gasteiger partial charge on any atom is 0.257 e. The molecule has 3 rings (SSSR count). The highest BCUT2D eigenvalue weighted by Crippen LogP contribution is 2.23. The summed E-state index contributed by atoms with van der Waals surface area (Å²) in [6, 6.07) is 17.6. The molecule has 0 N–H and O–H groups in total. The molecule has 172 valence electrons. The topological polar surface area (TPSA) is 49.9 Å². The number of hydrogen-bond acceptors (Lipinski definition) is 3. The number of amides is 2. The molecule has 0 aliphatic carbocycles. The number of hydrogen-bond donors (Lipinski definition) is 0. The average molecular weight is 437 g/mol. The van der Waals surface area contributed by atoms with E-state index < -0.39 is 0 Å². The number of carbonyl (C=O) groups excluding carboxylic acids is 2. The number of carbonyl (C=O) groups is 2. The second-order valence-corrected chi connectivity index (χ2v) is 8.43. The van der Waals surface area contributed by atoms with Crippen molar-refractivity contribution in [3.8, 4) is 5.75 Å². The van der Waals surface area contributed by atoms with Crippen LogP contribution in [0.4, 0.5) is 0 Å². The first-order chi connectivity index (χ1) is 15.6.